The minimum Gasteiger partial charge on any atom is -0.452 e. The first-order valence-corrected chi connectivity index (χ1v) is 8.43. The molecule has 0 aromatic heterocycles. The van der Waals surface area contributed by atoms with E-state index in [1.54, 1.807) is 19.1 Å². The van der Waals surface area contributed by atoms with Gasteiger partial charge in [0.25, 0.3) is 5.91 Å². The molecule has 0 unspecified atom stereocenters. The van der Waals surface area contributed by atoms with Crippen LogP contribution in [0.5, 0.6) is 0 Å². The number of esters is 1. The molecule has 0 bridgehead atoms. The van der Waals surface area contributed by atoms with Gasteiger partial charge in [0.05, 0.1) is 5.56 Å². The maximum Gasteiger partial charge on any atom is 0.339 e. The Morgan fingerprint density at radius 1 is 0.923 bits per heavy atom. The number of hydrogen-bond donors (Lipinski definition) is 1. The molecule has 0 aliphatic carbocycles. The smallest absolute Gasteiger partial charge is 0.339 e. The second kappa shape index (κ2) is 7.68. The molecule has 4 nitrogen and oxygen atoms in total. The van der Waals surface area contributed by atoms with Crippen LogP contribution in [0.4, 0.5) is 10.1 Å². The number of anilines is 1. The Kier molecular flexibility index (Phi) is 5.80. The molecule has 0 aliphatic heterocycles. The molecular weight excluding hydrogens is 333 g/mol. The fourth-order valence-corrected chi connectivity index (χ4v) is 2.88. The van der Waals surface area contributed by atoms with Gasteiger partial charge >= 0.3 is 5.97 Å². The van der Waals surface area contributed by atoms with Crippen LogP contribution in [0, 0.1) is 47.4 Å². The molecule has 0 saturated carbocycles. The highest BCUT2D eigenvalue weighted by Gasteiger charge is 2.20. The van der Waals surface area contributed by atoms with Crippen molar-refractivity contribution in [2.45, 2.75) is 41.5 Å². The zero-order valence-electron chi connectivity index (χ0n) is 16.0. The van der Waals surface area contributed by atoms with Gasteiger partial charge in [0.2, 0.25) is 0 Å². The van der Waals surface area contributed by atoms with Crippen LogP contribution < -0.4 is 5.32 Å². The number of aryl methyl sites for hydroxylation is 1. The largest absolute Gasteiger partial charge is 0.452 e. The van der Waals surface area contributed by atoms with Gasteiger partial charge < -0.3 is 10.1 Å². The van der Waals surface area contributed by atoms with Crippen molar-refractivity contribution in [3.63, 3.8) is 0 Å². The number of halogens is 1. The Bertz CT molecular complexity index is 858. The maximum atomic E-state index is 13.5. The average Bonchev–Trinajstić information content (AvgIpc) is 2.60. The Morgan fingerprint density at radius 3 is 2.00 bits per heavy atom. The van der Waals surface area contributed by atoms with E-state index in [-0.39, 0.29) is 0 Å². The van der Waals surface area contributed by atoms with E-state index in [1.165, 1.54) is 6.07 Å². The van der Waals surface area contributed by atoms with Crippen LogP contribution in [0.25, 0.3) is 0 Å². The molecule has 0 heterocycles. The van der Waals surface area contributed by atoms with Crippen LogP contribution in [-0.2, 0) is 9.53 Å². The molecule has 0 saturated heterocycles. The molecule has 2 aromatic carbocycles. The van der Waals surface area contributed by atoms with E-state index in [2.05, 4.69) is 5.32 Å². The number of carbonyl (C=O) groups is 2. The van der Waals surface area contributed by atoms with E-state index in [0.717, 1.165) is 27.8 Å². The zero-order valence-corrected chi connectivity index (χ0v) is 16.0. The average molecular weight is 357 g/mol. The van der Waals surface area contributed by atoms with E-state index in [4.69, 9.17) is 4.74 Å². The zero-order chi connectivity index (χ0) is 19.6. The van der Waals surface area contributed by atoms with Crippen molar-refractivity contribution in [2.75, 3.05) is 11.9 Å². The molecular formula is C21H24FNO3. The van der Waals surface area contributed by atoms with Gasteiger partial charge in [-0.15, -0.1) is 0 Å². The summed E-state index contributed by atoms with van der Waals surface area (Å²) in [5, 5.41) is 2.52. The Morgan fingerprint density at radius 2 is 1.46 bits per heavy atom. The predicted octanol–water partition coefficient (Wildman–Crippen LogP) is 4.47. The predicted molar refractivity (Wildman–Crippen MR) is 100 cm³/mol. The standard InChI is InChI=1S/C21H24FNO3/c1-11-7-8-17(9-18(11)22)23-19(24)10-26-21(25)20-15(5)13(3)12(2)14(4)16(20)6/h7-9H,10H2,1-6H3,(H,23,24). The summed E-state index contributed by atoms with van der Waals surface area (Å²) in [5.74, 6) is -1.45. The summed E-state index contributed by atoms with van der Waals surface area (Å²) in [6.45, 7) is 10.9. The number of amides is 1. The summed E-state index contributed by atoms with van der Waals surface area (Å²) in [4.78, 5) is 24.5. The van der Waals surface area contributed by atoms with Crippen molar-refractivity contribution < 1.29 is 18.7 Å². The molecule has 26 heavy (non-hydrogen) atoms. The number of hydrogen-bond acceptors (Lipinski definition) is 3. The Hall–Kier alpha value is -2.69. The quantitative estimate of drug-likeness (QED) is 0.821. The lowest BCUT2D eigenvalue weighted by molar-refractivity contribution is -0.119. The second-order valence-corrected chi connectivity index (χ2v) is 6.59. The van der Waals surface area contributed by atoms with Crippen molar-refractivity contribution in [3.05, 3.63) is 63.0 Å². The van der Waals surface area contributed by atoms with Crippen LogP contribution in [0.15, 0.2) is 18.2 Å². The van der Waals surface area contributed by atoms with Crippen LogP contribution >= 0.6 is 0 Å². The van der Waals surface area contributed by atoms with Crippen LogP contribution in [0.2, 0.25) is 0 Å². The van der Waals surface area contributed by atoms with Gasteiger partial charge in [0, 0.05) is 5.69 Å². The van der Waals surface area contributed by atoms with Crippen molar-refractivity contribution in [1.82, 2.24) is 0 Å². The maximum absolute atomic E-state index is 13.5. The lowest BCUT2D eigenvalue weighted by atomic mass is 9.90. The SMILES string of the molecule is Cc1ccc(NC(=O)COC(=O)c2c(C)c(C)c(C)c(C)c2C)cc1F. The lowest BCUT2D eigenvalue weighted by Gasteiger charge is -2.17. The first-order valence-electron chi connectivity index (χ1n) is 8.43. The molecule has 0 radical (unpaired) electrons. The van der Waals surface area contributed by atoms with Gasteiger partial charge in [-0.2, -0.15) is 0 Å². The topological polar surface area (TPSA) is 55.4 Å². The number of benzene rings is 2. The summed E-state index contributed by atoms with van der Waals surface area (Å²) in [7, 11) is 0. The molecule has 1 amide bonds. The molecule has 138 valence electrons. The summed E-state index contributed by atoms with van der Waals surface area (Å²) in [5.41, 5.74) is 6.26. The van der Waals surface area contributed by atoms with Crippen LogP contribution in [0.1, 0.15) is 43.7 Å². The summed E-state index contributed by atoms with van der Waals surface area (Å²) in [6, 6.07) is 4.40. The highest BCUT2D eigenvalue weighted by atomic mass is 19.1. The molecule has 1 N–H and O–H groups in total. The van der Waals surface area contributed by atoms with Gasteiger partial charge in [0.1, 0.15) is 5.82 Å². The van der Waals surface area contributed by atoms with Crippen LogP contribution in [-0.4, -0.2) is 18.5 Å². The van der Waals surface area contributed by atoms with Gasteiger partial charge in [-0.05, 0) is 87.1 Å². The van der Waals surface area contributed by atoms with Gasteiger partial charge in [-0.25, -0.2) is 9.18 Å². The molecule has 0 aliphatic rings. The fourth-order valence-electron chi connectivity index (χ4n) is 2.88. The van der Waals surface area contributed by atoms with E-state index < -0.39 is 24.3 Å². The first kappa shape index (κ1) is 19.6. The number of nitrogens with one attached hydrogen (secondary N) is 1. The van der Waals surface area contributed by atoms with E-state index in [0.29, 0.717) is 16.8 Å². The number of ether oxygens (including phenoxy) is 1. The van der Waals surface area contributed by atoms with Crippen molar-refractivity contribution >= 4 is 17.6 Å². The lowest BCUT2D eigenvalue weighted by Crippen LogP contribution is -2.22. The van der Waals surface area contributed by atoms with Crippen molar-refractivity contribution in [2.24, 2.45) is 0 Å². The Labute approximate surface area is 153 Å². The Balaban J connectivity index is 2.09. The van der Waals surface area contributed by atoms with E-state index in [1.807, 2.05) is 34.6 Å². The number of rotatable bonds is 4. The molecule has 5 heteroatoms. The third-order valence-electron chi connectivity index (χ3n) is 4.99. The van der Waals surface area contributed by atoms with Crippen LogP contribution in [0.3, 0.4) is 0 Å². The van der Waals surface area contributed by atoms with Crippen molar-refractivity contribution in [3.8, 4) is 0 Å². The minimum atomic E-state index is -0.531. The van der Waals surface area contributed by atoms with E-state index in [9.17, 15) is 14.0 Å². The van der Waals surface area contributed by atoms with Crippen molar-refractivity contribution in [1.29, 1.82) is 0 Å². The monoisotopic (exact) mass is 357 g/mol. The molecule has 0 spiro atoms. The fraction of sp³-hybridized carbons (Fsp3) is 0.333. The van der Waals surface area contributed by atoms with E-state index >= 15 is 0 Å². The number of carbonyl (C=O) groups excluding carboxylic acids is 2. The molecule has 0 atom stereocenters. The first-order chi connectivity index (χ1) is 12.1. The highest BCUT2D eigenvalue weighted by Crippen LogP contribution is 2.26. The summed E-state index contributed by atoms with van der Waals surface area (Å²) in [6.07, 6.45) is 0. The molecule has 0 fully saturated rings. The third kappa shape index (κ3) is 3.93. The summed E-state index contributed by atoms with van der Waals surface area (Å²) >= 11 is 0. The highest BCUT2D eigenvalue weighted by molar-refractivity contribution is 5.97. The molecule has 2 rings (SSSR count). The normalized spacial score (nSPS) is 10.6. The molecule has 2 aromatic rings. The third-order valence-corrected chi connectivity index (χ3v) is 4.99. The van der Waals surface area contributed by atoms with Gasteiger partial charge in [-0.3, -0.25) is 4.79 Å². The van der Waals surface area contributed by atoms with Gasteiger partial charge in [0.15, 0.2) is 6.61 Å². The van der Waals surface area contributed by atoms with Gasteiger partial charge in [-0.1, -0.05) is 6.07 Å². The summed E-state index contributed by atoms with van der Waals surface area (Å²) < 4.78 is 18.7. The minimum absolute atomic E-state index is 0.323. The second-order valence-electron chi connectivity index (χ2n) is 6.59.